The molecular formula is C11H16O2S. The first kappa shape index (κ1) is 11.6. The Kier molecular flexibility index (Phi) is 5.01. The van der Waals surface area contributed by atoms with Crippen LogP contribution >= 0.6 is 11.8 Å². The number of rotatable bonds is 5. The van der Waals surface area contributed by atoms with Crippen LogP contribution in [0, 0.1) is 0 Å². The molecule has 0 radical (unpaired) electrons. The van der Waals surface area contributed by atoms with E-state index in [-0.39, 0.29) is 12.7 Å². The molecule has 0 heterocycles. The van der Waals surface area contributed by atoms with E-state index in [0.29, 0.717) is 5.75 Å². The Balaban J connectivity index is 2.50. The van der Waals surface area contributed by atoms with Crippen molar-refractivity contribution < 1.29 is 10.2 Å². The summed E-state index contributed by atoms with van der Waals surface area (Å²) < 4.78 is 0. The molecule has 78 valence electrons. The monoisotopic (exact) mass is 212 g/mol. The highest BCUT2D eigenvalue weighted by Gasteiger charge is 2.02. The molecular weight excluding hydrogens is 196 g/mol. The van der Waals surface area contributed by atoms with Gasteiger partial charge in [-0.05, 0) is 24.1 Å². The van der Waals surface area contributed by atoms with Crippen LogP contribution in [0.3, 0.4) is 0 Å². The minimum absolute atomic E-state index is 0.0741. The number of hydrogen-bond donors (Lipinski definition) is 2. The molecule has 0 bridgehead atoms. The van der Waals surface area contributed by atoms with Crippen molar-refractivity contribution >= 4 is 11.8 Å². The van der Waals surface area contributed by atoms with Gasteiger partial charge in [0, 0.05) is 10.6 Å². The van der Waals surface area contributed by atoms with Gasteiger partial charge >= 0.3 is 0 Å². The second-order valence-electron chi connectivity index (χ2n) is 3.18. The van der Waals surface area contributed by atoms with Crippen LogP contribution in [0.4, 0.5) is 0 Å². The van der Waals surface area contributed by atoms with E-state index in [1.807, 2.05) is 31.2 Å². The van der Waals surface area contributed by atoms with Crippen LogP contribution < -0.4 is 0 Å². The van der Waals surface area contributed by atoms with Gasteiger partial charge in [-0.25, -0.2) is 0 Å². The summed E-state index contributed by atoms with van der Waals surface area (Å²) in [5.74, 6) is 0.714. The molecule has 0 saturated carbocycles. The lowest BCUT2D eigenvalue weighted by atomic mass is 10.2. The van der Waals surface area contributed by atoms with Crippen LogP contribution in [0.2, 0.25) is 0 Å². The molecule has 0 spiro atoms. The van der Waals surface area contributed by atoms with Crippen molar-refractivity contribution in [1.29, 1.82) is 0 Å². The third-order valence-electron chi connectivity index (χ3n) is 1.99. The third kappa shape index (κ3) is 3.70. The lowest BCUT2D eigenvalue weighted by molar-refractivity contribution is 0.195. The van der Waals surface area contributed by atoms with Crippen molar-refractivity contribution in [3.05, 3.63) is 29.8 Å². The molecule has 1 aromatic carbocycles. The summed E-state index contributed by atoms with van der Waals surface area (Å²) in [6, 6.07) is 7.76. The SMILES string of the molecule is CCC(O)CSc1cccc(CO)c1. The van der Waals surface area contributed by atoms with Gasteiger partial charge in [-0.1, -0.05) is 19.1 Å². The van der Waals surface area contributed by atoms with Crippen molar-refractivity contribution in [2.75, 3.05) is 5.75 Å². The maximum absolute atomic E-state index is 9.38. The molecule has 0 aliphatic heterocycles. The zero-order chi connectivity index (χ0) is 10.4. The lowest BCUT2D eigenvalue weighted by Crippen LogP contribution is -2.07. The van der Waals surface area contributed by atoms with Gasteiger partial charge in [-0.15, -0.1) is 11.8 Å². The molecule has 0 aliphatic carbocycles. The molecule has 0 saturated heterocycles. The van der Waals surface area contributed by atoms with E-state index in [1.54, 1.807) is 11.8 Å². The van der Waals surface area contributed by atoms with Gasteiger partial charge in [0.1, 0.15) is 0 Å². The topological polar surface area (TPSA) is 40.5 Å². The summed E-state index contributed by atoms with van der Waals surface area (Å²) in [5.41, 5.74) is 0.918. The Hall–Kier alpha value is -0.510. The maximum Gasteiger partial charge on any atom is 0.0682 e. The molecule has 1 atom stereocenters. The highest BCUT2D eigenvalue weighted by atomic mass is 32.2. The third-order valence-corrected chi connectivity index (χ3v) is 3.13. The Morgan fingerprint density at radius 2 is 2.21 bits per heavy atom. The van der Waals surface area contributed by atoms with Gasteiger partial charge in [0.05, 0.1) is 12.7 Å². The average molecular weight is 212 g/mol. The molecule has 1 unspecified atom stereocenters. The molecule has 2 N–H and O–H groups in total. The highest BCUT2D eigenvalue weighted by Crippen LogP contribution is 2.20. The van der Waals surface area contributed by atoms with E-state index in [2.05, 4.69) is 0 Å². The van der Waals surface area contributed by atoms with Crippen LogP contribution in [-0.4, -0.2) is 22.1 Å². The molecule has 3 heteroatoms. The molecule has 0 amide bonds. The minimum atomic E-state index is -0.238. The largest absolute Gasteiger partial charge is 0.392 e. The van der Waals surface area contributed by atoms with Crippen molar-refractivity contribution in [3.63, 3.8) is 0 Å². The first-order valence-corrected chi connectivity index (χ1v) is 5.75. The summed E-state index contributed by atoms with van der Waals surface area (Å²) in [6.07, 6.45) is 0.546. The molecule has 14 heavy (non-hydrogen) atoms. The van der Waals surface area contributed by atoms with Crippen molar-refractivity contribution in [3.8, 4) is 0 Å². The fraction of sp³-hybridized carbons (Fsp3) is 0.455. The van der Waals surface area contributed by atoms with Gasteiger partial charge in [-0.3, -0.25) is 0 Å². The fourth-order valence-electron chi connectivity index (χ4n) is 1.04. The zero-order valence-electron chi connectivity index (χ0n) is 8.31. The Morgan fingerprint density at radius 3 is 2.86 bits per heavy atom. The number of aliphatic hydroxyl groups excluding tert-OH is 2. The minimum Gasteiger partial charge on any atom is -0.392 e. The summed E-state index contributed by atoms with van der Waals surface area (Å²) in [6.45, 7) is 2.04. The molecule has 1 rings (SSSR count). The van der Waals surface area contributed by atoms with Gasteiger partial charge in [0.15, 0.2) is 0 Å². The molecule has 1 aromatic rings. The first-order chi connectivity index (χ1) is 6.76. The van der Waals surface area contributed by atoms with Crippen molar-refractivity contribution in [2.24, 2.45) is 0 Å². The number of hydrogen-bond acceptors (Lipinski definition) is 3. The number of thioether (sulfide) groups is 1. The van der Waals surface area contributed by atoms with Crippen LogP contribution in [0.25, 0.3) is 0 Å². The predicted molar refractivity (Wildman–Crippen MR) is 59.4 cm³/mol. The second kappa shape index (κ2) is 6.06. The zero-order valence-corrected chi connectivity index (χ0v) is 9.13. The molecule has 0 fully saturated rings. The van der Waals surface area contributed by atoms with E-state index in [4.69, 9.17) is 5.11 Å². The van der Waals surface area contributed by atoms with Gasteiger partial charge in [0.25, 0.3) is 0 Å². The summed E-state index contributed by atoms with van der Waals surface area (Å²) in [7, 11) is 0. The molecule has 2 nitrogen and oxygen atoms in total. The summed E-state index contributed by atoms with van der Waals surface area (Å²) in [5, 5.41) is 18.3. The lowest BCUT2D eigenvalue weighted by Gasteiger charge is -2.07. The average Bonchev–Trinajstić information content (AvgIpc) is 2.26. The summed E-state index contributed by atoms with van der Waals surface area (Å²) >= 11 is 1.62. The van der Waals surface area contributed by atoms with E-state index < -0.39 is 0 Å². The second-order valence-corrected chi connectivity index (χ2v) is 4.27. The van der Waals surface area contributed by atoms with E-state index in [1.165, 1.54) is 0 Å². The highest BCUT2D eigenvalue weighted by molar-refractivity contribution is 7.99. The number of benzene rings is 1. The predicted octanol–water partition coefficient (Wildman–Crippen LogP) is 2.04. The number of aliphatic hydroxyl groups is 2. The van der Waals surface area contributed by atoms with Gasteiger partial charge < -0.3 is 10.2 Å². The van der Waals surface area contributed by atoms with E-state index in [9.17, 15) is 5.11 Å². The first-order valence-electron chi connectivity index (χ1n) is 4.77. The molecule has 0 aliphatic rings. The van der Waals surface area contributed by atoms with Gasteiger partial charge in [0.2, 0.25) is 0 Å². The Morgan fingerprint density at radius 1 is 1.43 bits per heavy atom. The molecule has 0 aromatic heterocycles. The summed E-state index contributed by atoms with van der Waals surface area (Å²) in [4.78, 5) is 1.10. The van der Waals surface area contributed by atoms with Crippen LogP contribution in [-0.2, 0) is 6.61 Å². The van der Waals surface area contributed by atoms with E-state index in [0.717, 1.165) is 16.9 Å². The van der Waals surface area contributed by atoms with E-state index >= 15 is 0 Å². The van der Waals surface area contributed by atoms with Crippen LogP contribution in [0.1, 0.15) is 18.9 Å². The quantitative estimate of drug-likeness (QED) is 0.734. The van der Waals surface area contributed by atoms with Crippen molar-refractivity contribution in [2.45, 2.75) is 31.0 Å². The Labute approximate surface area is 89.0 Å². The standard InChI is InChI=1S/C11H16O2S/c1-2-10(13)8-14-11-5-3-4-9(6-11)7-12/h3-6,10,12-13H,2,7-8H2,1H3. The smallest absolute Gasteiger partial charge is 0.0682 e. The van der Waals surface area contributed by atoms with Crippen LogP contribution in [0.15, 0.2) is 29.2 Å². The maximum atomic E-state index is 9.38. The normalized spacial score (nSPS) is 12.8. The van der Waals surface area contributed by atoms with Crippen LogP contribution in [0.5, 0.6) is 0 Å². The van der Waals surface area contributed by atoms with Crippen molar-refractivity contribution in [1.82, 2.24) is 0 Å². The Bertz CT molecular complexity index is 276. The van der Waals surface area contributed by atoms with Gasteiger partial charge in [-0.2, -0.15) is 0 Å². The fourth-order valence-corrected chi connectivity index (χ4v) is 2.07.